The van der Waals surface area contributed by atoms with Crippen LogP contribution in [0, 0.1) is 10.1 Å². The maximum atomic E-state index is 10.9. The number of aliphatic hydroxyl groups is 2. The average Bonchev–Trinajstić information content (AvgIpc) is 2.45. The number of hydrogen-bond donors (Lipinski definition) is 4. The van der Waals surface area contributed by atoms with Crippen LogP contribution >= 0.6 is 0 Å². The second-order valence-corrected chi connectivity index (χ2v) is 3.71. The molecule has 0 atom stereocenters. The molecule has 0 radical (unpaired) electrons. The van der Waals surface area contributed by atoms with E-state index in [0.29, 0.717) is 0 Å². The molecular formula is C10H15N5O5. The van der Waals surface area contributed by atoms with Crippen molar-refractivity contribution in [3.8, 4) is 0 Å². The van der Waals surface area contributed by atoms with E-state index in [-0.39, 0.29) is 37.8 Å². The highest BCUT2D eigenvalue weighted by Crippen LogP contribution is 2.21. The van der Waals surface area contributed by atoms with Crippen molar-refractivity contribution in [2.45, 2.75) is 0 Å². The van der Waals surface area contributed by atoms with E-state index < -0.39 is 16.4 Å². The Morgan fingerprint density at radius 2 is 2.00 bits per heavy atom. The predicted molar refractivity (Wildman–Crippen MR) is 69.8 cm³/mol. The first-order chi connectivity index (χ1) is 9.54. The Morgan fingerprint density at radius 3 is 2.45 bits per heavy atom. The first kappa shape index (κ1) is 15.6. The van der Waals surface area contributed by atoms with Gasteiger partial charge < -0.3 is 26.1 Å². The van der Waals surface area contributed by atoms with Gasteiger partial charge in [-0.3, -0.25) is 10.1 Å². The van der Waals surface area contributed by atoms with Gasteiger partial charge in [-0.15, -0.1) is 0 Å². The molecule has 20 heavy (non-hydrogen) atoms. The average molecular weight is 285 g/mol. The number of aliphatic hydroxyl groups excluding tert-OH is 2. The summed E-state index contributed by atoms with van der Waals surface area (Å²) in [5, 5.41) is 40.1. The zero-order valence-corrected chi connectivity index (χ0v) is 10.5. The smallest absolute Gasteiger partial charge is 0.298 e. The summed E-state index contributed by atoms with van der Waals surface area (Å²) in [6.07, 6.45) is 0. The minimum absolute atomic E-state index is 0.182. The summed E-state index contributed by atoms with van der Waals surface area (Å²) >= 11 is 0. The Balaban J connectivity index is 3.26. The predicted octanol–water partition coefficient (Wildman–Crippen LogP) is -1.12. The van der Waals surface area contributed by atoms with Gasteiger partial charge in [0.05, 0.1) is 18.1 Å². The SMILES string of the molecule is N/C(=N/O)c1nc(N(CCO)CCO)ccc1[N+](=O)[O-]. The van der Waals surface area contributed by atoms with Crippen molar-refractivity contribution >= 4 is 17.3 Å². The van der Waals surface area contributed by atoms with Crippen LogP contribution in [0.5, 0.6) is 0 Å². The summed E-state index contributed by atoms with van der Waals surface area (Å²) in [7, 11) is 0. The summed E-state index contributed by atoms with van der Waals surface area (Å²) < 4.78 is 0. The van der Waals surface area contributed by atoms with Crippen LogP contribution in [-0.2, 0) is 0 Å². The number of aromatic nitrogens is 1. The molecule has 1 rings (SSSR count). The molecule has 0 aliphatic heterocycles. The molecule has 0 fully saturated rings. The van der Waals surface area contributed by atoms with Crippen molar-refractivity contribution in [2.75, 3.05) is 31.2 Å². The topological polar surface area (TPSA) is 158 Å². The highest BCUT2D eigenvalue weighted by molar-refractivity contribution is 5.99. The maximum absolute atomic E-state index is 10.9. The minimum Gasteiger partial charge on any atom is -0.409 e. The summed E-state index contributed by atoms with van der Waals surface area (Å²) in [5.41, 5.74) is 4.68. The van der Waals surface area contributed by atoms with Crippen LogP contribution in [0.25, 0.3) is 0 Å². The van der Waals surface area contributed by atoms with E-state index in [9.17, 15) is 10.1 Å². The molecule has 1 heterocycles. The van der Waals surface area contributed by atoms with Crippen molar-refractivity contribution in [3.63, 3.8) is 0 Å². The normalized spacial score (nSPS) is 11.4. The Hall–Kier alpha value is -2.46. The van der Waals surface area contributed by atoms with Crippen LogP contribution in [0.1, 0.15) is 5.69 Å². The Bertz CT molecular complexity index is 501. The number of amidine groups is 1. The van der Waals surface area contributed by atoms with Gasteiger partial charge in [0.1, 0.15) is 5.82 Å². The number of nitro groups is 1. The van der Waals surface area contributed by atoms with Gasteiger partial charge in [-0.25, -0.2) is 4.98 Å². The van der Waals surface area contributed by atoms with Crippen LogP contribution in [0.2, 0.25) is 0 Å². The molecule has 0 saturated carbocycles. The minimum atomic E-state index is -0.702. The molecule has 10 nitrogen and oxygen atoms in total. The van der Waals surface area contributed by atoms with Gasteiger partial charge in [-0.1, -0.05) is 5.16 Å². The first-order valence-corrected chi connectivity index (χ1v) is 5.65. The first-order valence-electron chi connectivity index (χ1n) is 5.65. The monoisotopic (exact) mass is 285 g/mol. The van der Waals surface area contributed by atoms with Crippen LogP contribution in [0.15, 0.2) is 17.3 Å². The van der Waals surface area contributed by atoms with Crippen molar-refractivity contribution < 1.29 is 20.3 Å². The quantitative estimate of drug-likeness (QED) is 0.161. The van der Waals surface area contributed by atoms with E-state index in [0.717, 1.165) is 6.07 Å². The molecular weight excluding hydrogens is 270 g/mol. The Kier molecular flexibility index (Phi) is 5.62. The molecule has 0 amide bonds. The van der Waals surface area contributed by atoms with Crippen LogP contribution < -0.4 is 10.6 Å². The van der Waals surface area contributed by atoms with Crippen LogP contribution in [0.3, 0.4) is 0 Å². The molecule has 0 aliphatic rings. The van der Waals surface area contributed by atoms with Gasteiger partial charge in [0.2, 0.25) is 0 Å². The lowest BCUT2D eigenvalue weighted by Crippen LogP contribution is -2.31. The van der Waals surface area contributed by atoms with E-state index in [2.05, 4.69) is 10.1 Å². The highest BCUT2D eigenvalue weighted by atomic mass is 16.6. The molecule has 0 saturated heterocycles. The number of nitrogens with two attached hydrogens (primary N) is 1. The second-order valence-electron chi connectivity index (χ2n) is 3.71. The van der Waals surface area contributed by atoms with Crippen molar-refractivity contribution in [2.24, 2.45) is 10.9 Å². The lowest BCUT2D eigenvalue weighted by molar-refractivity contribution is -0.385. The van der Waals surface area contributed by atoms with Crippen LogP contribution in [0.4, 0.5) is 11.5 Å². The molecule has 5 N–H and O–H groups in total. The number of nitrogens with zero attached hydrogens (tertiary/aromatic N) is 4. The largest absolute Gasteiger partial charge is 0.409 e. The third-order valence-electron chi connectivity index (χ3n) is 2.47. The number of rotatable bonds is 7. The van der Waals surface area contributed by atoms with Crippen molar-refractivity contribution in [1.29, 1.82) is 0 Å². The summed E-state index contributed by atoms with van der Waals surface area (Å²) in [4.78, 5) is 15.6. The molecule has 110 valence electrons. The molecule has 1 aromatic heterocycles. The van der Waals surface area contributed by atoms with E-state index in [4.69, 9.17) is 21.2 Å². The fraction of sp³-hybridized carbons (Fsp3) is 0.400. The molecule has 0 aliphatic carbocycles. The molecule has 0 bridgehead atoms. The van der Waals surface area contributed by atoms with Crippen molar-refractivity contribution in [3.05, 3.63) is 27.9 Å². The number of hydrogen-bond acceptors (Lipinski definition) is 8. The molecule has 1 aromatic rings. The highest BCUT2D eigenvalue weighted by Gasteiger charge is 2.21. The van der Waals surface area contributed by atoms with Gasteiger partial charge in [0, 0.05) is 19.2 Å². The van der Waals surface area contributed by atoms with Gasteiger partial charge >= 0.3 is 0 Å². The van der Waals surface area contributed by atoms with Crippen LogP contribution in [-0.4, -0.2) is 57.5 Å². The van der Waals surface area contributed by atoms with Gasteiger partial charge in [0.15, 0.2) is 11.5 Å². The maximum Gasteiger partial charge on any atom is 0.298 e. The van der Waals surface area contributed by atoms with E-state index >= 15 is 0 Å². The van der Waals surface area contributed by atoms with E-state index in [1.54, 1.807) is 0 Å². The Morgan fingerprint density at radius 1 is 1.40 bits per heavy atom. The third-order valence-corrected chi connectivity index (χ3v) is 2.47. The van der Waals surface area contributed by atoms with Gasteiger partial charge in [-0.2, -0.15) is 0 Å². The Labute approximate surface area is 113 Å². The lowest BCUT2D eigenvalue weighted by Gasteiger charge is -2.21. The summed E-state index contributed by atoms with van der Waals surface area (Å²) in [6.45, 7) is -0.00287. The molecule has 10 heteroatoms. The number of pyridine rings is 1. The number of anilines is 1. The van der Waals surface area contributed by atoms with Gasteiger partial charge in [0.25, 0.3) is 5.69 Å². The van der Waals surface area contributed by atoms with Gasteiger partial charge in [-0.05, 0) is 6.07 Å². The summed E-state index contributed by atoms with van der Waals surface area (Å²) in [6, 6.07) is 2.52. The standard InChI is InChI=1S/C10H15N5O5/c11-10(13-18)9-7(15(19)20)1-2-8(12-9)14(3-5-16)4-6-17/h1-2,16-18H,3-6H2,(H2,11,13). The summed E-state index contributed by atoms with van der Waals surface area (Å²) in [5.74, 6) is -0.230. The number of oxime groups is 1. The molecule has 0 spiro atoms. The lowest BCUT2D eigenvalue weighted by atomic mass is 10.2. The fourth-order valence-electron chi connectivity index (χ4n) is 1.58. The zero-order valence-electron chi connectivity index (χ0n) is 10.5. The second kappa shape index (κ2) is 7.21. The third kappa shape index (κ3) is 3.52. The zero-order chi connectivity index (χ0) is 15.1. The van der Waals surface area contributed by atoms with Crippen molar-refractivity contribution in [1.82, 2.24) is 4.98 Å². The molecule has 0 aromatic carbocycles. The van der Waals surface area contributed by atoms with E-state index in [1.807, 2.05) is 0 Å². The van der Waals surface area contributed by atoms with E-state index in [1.165, 1.54) is 11.0 Å². The fourth-order valence-corrected chi connectivity index (χ4v) is 1.58. The molecule has 0 unspecified atom stereocenters.